The van der Waals surface area contributed by atoms with Crippen LogP contribution in [0.15, 0.2) is 30.3 Å². The van der Waals surface area contributed by atoms with Gasteiger partial charge in [0.05, 0.1) is 32.4 Å². The van der Waals surface area contributed by atoms with E-state index in [0.29, 0.717) is 13.2 Å². The van der Waals surface area contributed by atoms with E-state index in [-0.39, 0.29) is 26.1 Å². The van der Waals surface area contributed by atoms with Crippen LogP contribution in [0.2, 0.25) is 0 Å². The molecule has 0 radical (unpaired) electrons. The van der Waals surface area contributed by atoms with Crippen LogP contribution in [0.3, 0.4) is 0 Å². The number of hydrogen-bond donors (Lipinski definition) is 2. The minimum Gasteiger partial charge on any atom is -0.445 e. The maximum absolute atomic E-state index is 11.9. The lowest BCUT2D eigenvalue weighted by Gasteiger charge is -2.48. The first-order valence-corrected chi connectivity index (χ1v) is 7.66. The monoisotopic (exact) mass is 323 g/mol. The second-order valence-corrected chi connectivity index (χ2v) is 5.92. The zero-order chi connectivity index (χ0) is 16.3. The molecule has 0 bridgehead atoms. The summed E-state index contributed by atoms with van der Waals surface area (Å²) in [4.78, 5) is 13.3. The third-order valence-electron chi connectivity index (χ3n) is 4.12. The molecule has 2 heterocycles. The standard InChI is InChI=1S/C16H21NO6/c18-13(8-14-21-6-7-22-14)16(20)10-17(11-16)15(19)23-9-12-4-2-1-3-5-12/h1-5,13-14,18,20H,6-11H2. The van der Waals surface area contributed by atoms with Crippen LogP contribution >= 0.6 is 0 Å². The molecule has 0 aromatic heterocycles. The van der Waals surface area contributed by atoms with Gasteiger partial charge in [0.25, 0.3) is 0 Å². The SMILES string of the molecule is O=C(OCc1ccccc1)N1CC(O)(C(O)CC2OCCO2)C1. The number of rotatable bonds is 5. The van der Waals surface area contributed by atoms with Gasteiger partial charge in [-0.05, 0) is 5.56 Å². The molecule has 2 saturated heterocycles. The highest BCUT2D eigenvalue weighted by atomic mass is 16.7. The van der Waals surface area contributed by atoms with Crippen LogP contribution in [0.5, 0.6) is 0 Å². The fourth-order valence-electron chi connectivity index (χ4n) is 2.71. The number of aliphatic hydroxyl groups is 2. The van der Waals surface area contributed by atoms with Gasteiger partial charge in [0.2, 0.25) is 0 Å². The Bertz CT molecular complexity index is 525. The summed E-state index contributed by atoms with van der Waals surface area (Å²) in [6.07, 6.45) is -1.82. The van der Waals surface area contributed by atoms with Crippen molar-refractivity contribution in [3.05, 3.63) is 35.9 Å². The molecular weight excluding hydrogens is 302 g/mol. The van der Waals surface area contributed by atoms with Crippen molar-refractivity contribution in [3.63, 3.8) is 0 Å². The summed E-state index contributed by atoms with van der Waals surface area (Å²) >= 11 is 0. The second kappa shape index (κ2) is 6.84. The van der Waals surface area contributed by atoms with Crippen LogP contribution in [0, 0.1) is 0 Å². The number of ether oxygens (including phenoxy) is 3. The zero-order valence-electron chi connectivity index (χ0n) is 12.8. The number of carbonyl (C=O) groups is 1. The summed E-state index contributed by atoms with van der Waals surface area (Å²) in [5.74, 6) is 0. The van der Waals surface area contributed by atoms with Crippen molar-refractivity contribution in [2.45, 2.75) is 31.0 Å². The maximum atomic E-state index is 11.9. The number of carbonyl (C=O) groups excluding carboxylic acids is 1. The van der Waals surface area contributed by atoms with Crippen LogP contribution in [-0.4, -0.2) is 65.5 Å². The highest BCUT2D eigenvalue weighted by Gasteiger charge is 2.50. The molecule has 0 aliphatic carbocycles. The fourth-order valence-corrected chi connectivity index (χ4v) is 2.71. The van der Waals surface area contributed by atoms with Gasteiger partial charge in [0.15, 0.2) is 6.29 Å². The Morgan fingerprint density at radius 2 is 1.96 bits per heavy atom. The van der Waals surface area contributed by atoms with Gasteiger partial charge in [-0.15, -0.1) is 0 Å². The number of likely N-dealkylation sites (tertiary alicyclic amines) is 1. The number of nitrogens with zero attached hydrogens (tertiary/aromatic N) is 1. The largest absolute Gasteiger partial charge is 0.445 e. The average molecular weight is 323 g/mol. The van der Waals surface area contributed by atoms with Gasteiger partial charge in [-0.25, -0.2) is 4.79 Å². The van der Waals surface area contributed by atoms with Gasteiger partial charge in [0, 0.05) is 6.42 Å². The van der Waals surface area contributed by atoms with E-state index < -0.39 is 24.1 Å². The molecule has 0 spiro atoms. The minimum atomic E-state index is -1.33. The summed E-state index contributed by atoms with van der Waals surface area (Å²) < 4.78 is 15.7. The molecule has 1 atom stereocenters. The number of benzene rings is 1. The van der Waals surface area contributed by atoms with Crippen molar-refractivity contribution in [2.24, 2.45) is 0 Å². The lowest BCUT2D eigenvalue weighted by Crippen LogP contribution is -2.69. The third kappa shape index (κ3) is 3.81. The number of amides is 1. The van der Waals surface area contributed by atoms with Crippen LogP contribution in [0.4, 0.5) is 4.79 Å². The smallest absolute Gasteiger partial charge is 0.410 e. The number of hydrogen-bond acceptors (Lipinski definition) is 6. The van der Waals surface area contributed by atoms with E-state index in [1.54, 1.807) is 0 Å². The number of aliphatic hydroxyl groups excluding tert-OH is 1. The van der Waals surface area contributed by atoms with E-state index >= 15 is 0 Å². The summed E-state index contributed by atoms with van der Waals surface area (Å²) in [6.45, 7) is 1.24. The summed E-state index contributed by atoms with van der Waals surface area (Å²) in [5.41, 5.74) is -0.437. The predicted molar refractivity (Wildman–Crippen MR) is 79.5 cm³/mol. The van der Waals surface area contributed by atoms with E-state index in [1.807, 2.05) is 30.3 Å². The Hall–Kier alpha value is -1.67. The van der Waals surface area contributed by atoms with Crippen LogP contribution < -0.4 is 0 Å². The van der Waals surface area contributed by atoms with Gasteiger partial charge in [-0.1, -0.05) is 30.3 Å². The van der Waals surface area contributed by atoms with E-state index in [1.165, 1.54) is 4.90 Å². The summed E-state index contributed by atoms with van der Waals surface area (Å²) in [6, 6.07) is 9.36. The number of β-amino-alcohol motifs (C(OH)–C–C–N with tert-alkyl or cyclic N) is 1. The highest BCUT2D eigenvalue weighted by molar-refractivity contribution is 5.69. The predicted octanol–water partition coefficient (Wildman–Crippen LogP) is 0.494. The Morgan fingerprint density at radius 3 is 2.61 bits per heavy atom. The maximum Gasteiger partial charge on any atom is 0.410 e. The first-order chi connectivity index (χ1) is 11.1. The molecular formula is C16H21NO6. The van der Waals surface area contributed by atoms with E-state index in [2.05, 4.69) is 0 Å². The van der Waals surface area contributed by atoms with Gasteiger partial charge >= 0.3 is 6.09 Å². The molecule has 2 aliphatic heterocycles. The van der Waals surface area contributed by atoms with Gasteiger partial charge in [0.1, 0.15) is 12.2 Å². The molecule has 2 aliphatic rings. The topological polar surface area (TPSA) is 88.5 Å². The van der Waals surface area contributed by atoms with Crippen molar-refractivity contribution >= 4 is 6.09 Å². The molecule has 1 amide bonds. The van der Waals surface area contributed by atoms with Gasteiger partial charge in [-0.3, -0.25) is 0 Å². The van der Waals surface area contributed by atoms with Crippen LogP contribution in [0.25, 0.3) is 0 Å². The van der Waals surface area contributed by atoms with E-state index in [0.717, 1.165) is 5.56 Å². The molecule has 1 aromatic carbocycles. The molecule has 7 heteroatoms. The molecule has 0 saturated carbocycles. The Kier molecular flexibility index (Phi) is 4.82. The summed E-state index contributed by atoms with van der Waals surface area (Å²) in [7, 11) is 0. The second-order valence-electron chi connectivity index (χ2n) is 5.92. The lowest BCUT2D eigenvalue weighted by molar-refractivity contribution is -0.178. The molecule has 7 nitrogen and oxygen atoms in total. The molecule has 2 fully saturated rings. The Balaban J connectivity index is 1.42. The molecule has 23 heavy (non-hydrogen) atoms. The average Bonchev–Trinajstić information content (AvgIpc) is 3.03. The molecule has 3 rings (SSSR count). The van der Waals surface area contributed by atoms with Crippen LogP contribution in [0.1, 0.15) is 12.0 Å². The Labute approximate surface area is 134 Å². The zero-order valence-corrected chi connectivity index (χ0v) is 12.8. The minimum absolute atomic E-state index is 0.0362. The van der Waals surface area contributed by atoms with Crippen molar-refractivity contribution in [3.8, 4) is 0 Å². The lowest BCUT2D eigenvalue weighted by atomic mass is 9.86. The summed E-state index contributed by atoms with van der Waals surface area (Å²) in [5, 5.41) is 20.4. The molecule has 1 aromatic rings. The van der Waals surface area contributed by atoms with E-state index in [9.17, 15) is 15.0 Å². The van der Waals surface area contributed by atoms with Crippen molar-refractivity contribution in [2.75, 3.05) is 26.3 Å². The van der Waals surface area contributed by atoms with Gasteiger partial charge in [-0.2, -0.15) is 0 Å². The van der Waals surface area contributed by atoms with Crippen LogP contribution in [-0.2, 0) is 20.8 Å². The molecule has 2 N–H and O–H groups in total. The van der Waals surface area contributed by atoms with Crippen molar-refractivity contribution in [1.29, 1.82) is 0 Å². The van der Waals surface area contributed by atoms with E-state index in [4.69, 9.17) is 14.2 Å². The quantitative estimate of drug-likeness (QED) is 0.820. The van der Waals surface area contributed by atoms with Crippen molar-refractivity contribution < 1.29 is 29.2 Å². The molecule has 126 valence electrons. The van der Waals surface area contributed by atoms with Gasteiger partial charge < -0.3 is 29.3 Å². The Morgan fingerprint density at radius 1 is 1.30 bits per heavy atom. The highest BCUT2D eigenvalue weighted by Crippen LogP contribution is 2.29. The van der Waals surface area contributed by atoms with Crippen molar-refractivity contribution in [1.82, 2.24) is 4.90 Å². The first-order valence-electron chi connectivity index (χ1n) is 7.66. The normalized spacial score (nSPS) is 21.7. The first kappa shape index (κ1) is 16.2. The third-order valence-corrected chi connectivity index (χ3v) is 4.12. The molecule has 1 unspecified atom stereocenters. The fraction of sp³-hybridized carbons (Fsp3) is 0.562.